The van der Waals surface area contributed by atoms with Crippen molar-refractivity contribution in [1.29, 1.82) is 0 Å². The average Bonchev–Trinajstić information content (AvgIpc) is 2.23. The lowest BCUT2D eigenvalue weighted by molar-refractivity contribution is 0.192. The van der Waals surface area contributed by atoms with Crippen LogP contribution in [0.5, 0.6) is 5.75 Å². The van der Waals surface area contributed by atoms with Gasteiger partial charge in [0.2, 0.25) is 0 Å². The summed E-state index contributed by atoms with van der Waals surface area (Å²) in [5.74, 6) is 1.62. The highest BCUT2D eigenvalue weighted by atomic mass is 16.5. The molecule has 2 rings (SSSR count). The van der Waals surface area contributed by atoms with E-state index in [2.05, 4.69) is 38.2 Å². The van der Waals surface area contributed by atoms with E-state index in [0.29, 0.717) is 12.0 Å². The van der Waals surface area contributed by atoms with Crippen LogP contribution in [0.3, 0.4) is 0 Å². The minimum atomic E-state index is 0.424. The molecule has 1 N–H and O–H groups in total. The molecule has 1 aromatic carbocycles. The van der Waals surface area contributed by atoms with Gasteiger partial charge in [0.15, 0.2) is 0 Å². The molecule has 0 saturated carbocycles. The summed E-state index contributed by atoms with van der Waals surface area (Å²) >= 11 is 0. The van der Waals surface area contributed by atoms with Crippen LogP contribution in [0.25, 0.3) is 0 Å². The van der Waals surface area contributed by atoms with Crippen molar-refractivity contribution in [3.63, 3.8) is 0 Å². The van der Waals surface area contributed by atoms with E-state index in [1.807, 2.05) is 7.05 Å². The fraction of sp³-hybridized carbons (Fsp3) is 0.538. The maximum absolute atomic E-state index is 5.84. The lowest BCUT2D eigenvalue weighted by Crippen LogP contribution is -2.32. The maximum Gasteiger partial charge on any atom is 0.127 e. The van der Waals surface area contributed by atoms with Crippen molar-refractivity contribution < 1.29 is 4.74 Å². The Morgan fingerprint density at radius 2 is 2.07 bits per heavy atom. The highest BCUT2D eigenvalue weighted by Crippen LogP contribution is 2.38. The van der Waals surface area contributed by atoms with Gasteiger partial charge in [-0.2, -0.15) is 0 Å². The quantitative estimate of drug-likeness (QED) is 0.761. The highest BCUT2D eigenvalue weighted by molar-refractivity contribution is 5.48. The molecule has 0 bridgehead atoms. The molecule has 2 unspecified atom stereocenters. The summed E-state index contributed by atoms with van der Waals surface area (Å²) < 4.78 is 5.84. The first-order chi connectivity index (χ1) is 7.15. The first-order valence-corrected chi connectivity index (χ1v) is 5.55. The molecule has 0 amide bonds. The van der Waals surface area contributed by atoms with Crippen LogP contribution >= 0.6 is 0 Å². The molecule has 2 atom stereocenters. The van der Waals surface area contributed by atoms with E-state index in [-0.39, 0.29) is 0 Å². The second kappa shape index (κ2) is 3.86. The minimum Gasteiger partial charge on any atom is -0.493 e. The van der Waals surface area contributed by atoms with Crippen LogP contribution in [0.15, 0.2) is 12.1 Å². The van der Waals surface area contributed by atoms with Gasteiger partial charge >= 0.3 is 0 Å². The van der Waals surface area contributed by atoms with Crippen molar-refractivity contribution >= 4 is 0 Å². The average molecular weight is 205 g/mol. The fourth-order valence-corrected chi connectivity index (χ4v) is 2.31. The number of nitrogens with one attached hydrogen (secondary N) is 1. The topological polar surface area (TPSA) is 21.3 Å². The molecule has 0 fully saturated rings. The first-order valence-electron chi connectivity index (χ1n) is 5.55. The van der Waals surface area contributed by atoms with Crippen molar-refractivity contribution in [3.05, 3.63) is 28.8 Å². The maximum atomic E-state index is 5.84. The van der Waals surface area contributed by atoms with E-state index in [4.69, 9.17) is 4.74 Å². The van der Waals surface area contributed by atoms with Gasteiger partial charge in [0.05, 0.1) is 6.61 Å². The summed E-state index contributed by atoms with van der Waals surface area (Å²) in [5.41, 5.74) is 3.89. The Morgan fingerprint density at radius 3 is 2.73 bits per heavy atom. The minimum absolute atomic E-state index is 0.424. The number of fused-ring (bicyclic) bond motifs is 1. The second-order valence-electron chi connectivity index (χ2n) is 4.48. The zero-order valence-electron chi connectivity index (χ0n) is 9.92. The predicted molar refractivity (Wildman–Crippen MR) is 62.4 cm³/mol. The van der Waals surface area contributed by atoms with E-state index < -0.39 is 0 Å². The summed E-state index contributed by atoms with van der Waals surface area (Å²) in [5, 5.41) is 3.38. The third-order valence-electron chi connectivity index (χ3n) is 3.41. The van der Waals surface area contributed by atoms with E-state index in [1.165, 1.54) is 16.7 Å². The number of hydrogen-bond donors (Lipinski definition) is 1. The van der Waals surface area contributed by atoms with Crippen LogP contribution in [-0.4, -0.2) is 13.7 Å². The van der Waals surface area contributed by atoms with Crippen molar-refractivity contribution in [2.24, 2.45) is 5.92 Å². The summed E-state index contributed by atoms with van der Waals surface area (Å²) in [7, 11) is 2.02. The molecule has 1 aliphatic rings. The number of ether oxygens (including phenoxy) is 1. The lowest BCUT2D eigenvalue weighted by atomic mass is 9.89. The van der Waals surface area contributed by atoms with E-state index in [9.17, 15) is 0 Å². The molecule has 0 radical (unpaired) electrons. The summed E-state index contributed by atoms with van der Waals surface area (Å²) in [6, 6.07) is 4.79. The van der Waals surface area contributed by atoms with Crippen LogP contribution in [0.2, 0.25) is 0 Å². The van der Waals surface area contributed by atoms with Gasteiger partial charge in [-0.1, -0.05) is 19.1 Å². The molecular formula is C13H19NO. The van der Waals surface area contributed by atoms with Gasteiger partial charge in [0.25, 0.3) is 0 Å². The molecule has 2 heteroatoms. The molecule has 0 saturated heterocycles. The third-order valence-corrected chi connectivity index (χ3v) is 3.41. The van der Waals surface area contributed by atoms with Gasteiger partial charge in [-0.15, -0.1) is 0 Å². The summed E-state index contributed by atoms with van der Waals surface area (Å²) in [6.45, 7) is 7.30. The monoisotopic (exact) mass is 205 g/mol. The second-order valence-corrected chi connectivity index (χ2v) is 4.48. The van der Waals surface area contributed by atoms with Gasteiger partial charge in [-0.25, -0.2) is 0 Å². The zero-order chi connectivity index (χ0) is 11.0. The Hall–Kier alpha value is -1.02. The zero-order valence-corrected chi connectivity index (χ0v) is 9.92. The van der Waals surface area contributed by atoms with Gasteiger partial charge < -0.3 is 10.1 Å². The Kier molecular flexibility index (Phi) is 2.70. The molecular weight excluding hydrogens is 186 g/mol. The predicted octanol–water partition coefficient (Wildman–Crippen LogP) is 2.59. The van der Waals surface area contributed by atoms with Crippen LogP contribution in [0.1, 0.15) is 29.7 Å². The molecule has 1 aromatic rings. The van der Waals surface area contributed by atoms with Crippen molar-refractivity contribution in [3.8, 4) is 5.75 Å². The van der Waals surface area contributed by atoms with Crippen LogP contribution in [0, 0.1) is 19.8 Å². The van der Waals surface area contributed by atoms with Crippen molar-refractivity contribution in [1.82, 2.24) is 5.32 Å². The Balaban J connectivity index is 2.51. The first kappa shape index (κ1) is 10.5. The molecule has 82 valence electrons. The van der Waals surface area contributed by atoms with E-state index in [0.717, 1.165) is 12.4 Å². The van der Waals surface area contributed by atoms with Crippen LogP contribution in [-0.2, 0) is 0 Å². The van der Waals surface area contributed by atoms with Gasteiger partial charge in [0.1, 0.15) is 5.75 Å². The lowest BCUT2D eigenvalue weighted by Gasteiger charge is -2.32. The smallest absolute Gasteiger partial charge is 0.127 e. The summed E-state index contributed by atoms with van der Waals surface area (Å²) in [4.78, 5) is 0. The fourth-order valence-electron chi connectivity index (χ4n) is 2.31. The molecule has 15 heavy (non-hydrogen) atoms. The van der Waals surface area contributed by atoms with Gasteiger partial charge in [-0.05, 0) is 32.0 Å². The molecule has 1 heterocycles. The number of rotatable bonds is 1. The van der Waals surface area contributed by atoms with Crippen molar-refractivity contribution in [2.45, 2.75) is 26.8 Å². The Labute approximate surface area is 91.6 Å². The number of aryl methyl sites for hydroxylation is 1. The third kappa shape index (κ3) is 1.63. The van der Waals surface area contributed by atoms with E-state index in [1.54, 1.807) is 0 Å². The van der Waals surface area contributed by atoms with Crippen LogP contribution in [0.4, 0.5) is 0 Å². The van der Waals surface area contributed by atoms with Gasteiger partial charge in [0, 0.05) is 17.5 Å². The molecule has 1 aliphatic heterocycles. The molecule has 0 spiro atoms. The van der Waals surface area contributed by atoms with Crippen LogP contribution < -0.4 is 10.1 Å². The Morgan fingerprint density at radius 1 is 1.33 bits per heavy atom. The number of hydrogen-bond acceptors (Lipinski definition) is 2. The highest BCUT2D eigenvalue weighted by Gasteiger charge is 2.27. The summed E-state index contributed by atoms with van der Waals surface area (Å²) in [6.07, 6.45) is 0. The van der Waals surface area contributed by atoms with Gasteiger partial charge in [-0.3, -0.25) is 0 Å². The standard InChI is InChI=1S/C13H19NO/c1-8-5-6-11-12(14-4)9(2)7-15-13(11)10(8)3/h5-6,9,12,14H,7H2,1-4H3. The normalized spacial score (nSPS) is 24.5. The van der Waals surface area contributed by atoms with Crippen molar-refractivity contribution in [2.75, 3.05) is 13.7 Å². The Bertz CT molecular complexity index is 373. The SMILES string of the molecule is CNC1c2ccc(C)c(C)c2OCC1C. The molecule has 0 aliphatic carbocycles. The molecule has 0 aromatic heterocycles. The number of benzene rings is 1. The largest absolute Gasteiger partial charge is 0.493 e. The molecule has 2 nitrogen and oxygen atoms in total. The van der Waals surface area contributed by atoms with E-state index >= 15 is 0 Å².